The Labute approximate surface area is 175 Å². The number of nitrogens with zero attached hydrogens (tertiary/aromatic N) is 4. The second-order valence-corrected chi connectivity index (χ2v) is 8.29. The highest BCUT2D eigenvalue weighted by Gasteiger charge is 2.18. The summed E-state index contributed by atoms with van der Waals surface area (Å²) in [4.78, 5) is 16.9. The summed E-state index contributed by atoms with van der Waals surface area (Å²) in [7, 11) is 0. The Hall–Kier alpha value is -2.87. The van der Waals surface area contributed by atoms with E-state index >= 15 is 0 Å². The molecule has 0 unspecified atom stereocenters. The summed E-state index contributed by atoms with van der Waals surface area (Å²) in [6.07, 6.45) is 1.67. The number of hydrogen-bond donors (Lipinski definition) is 2. The number of nitrogens with one attached hydrogen (secondary N) is 1. The molecule has 0 bridgehead atoms. The largest absolute Gasteiger partial charge is 0.335 e. The summed E-state index contributed by atoms with van der Waals surface area (Å²) in [5.74, 6) is 7.26. The van der Waals surface area contributed by atoms with Crippen LogP contribution in [0.4, 0.5) is 5.69 Å². The highest BCUT2D eigenvalue weighted by molar-refractivity contribution is 7.99. The Morgan fingerprint density at radius 3 is 2.34 bits per heavy atom. The van der Waals surface area contributed by atoms with Gasteiger partial charge in [-0.2, -0.15) is 0 Å². The van der Waals surface area contributed by atoms with Gasteiger partial charge in [-0.05, 0) is 35.1 Å². The zero-order chi connectivity index (χ0) is 21.0. The van der Waals surface area contributed by atoms with E-state index in [4.69, 9.17) is 5.84 Å². The minimum atomic E-state index is -0.104. The van der Waals surface area contributed by atoms with Crippen molar-refractivity contribution in [1.82, 2.24) is 19.9 Å². The molecule has 0 aliphatic heterocycles. The molecule has 2 heterocycles. The molecule has 0 aliphatic carbocycles. The maximum absolute atomic E-state index is 12.7. The zero-order valence-corrected chi connectivity index (χ0v) is 17.9. The molecule has 152 valence electrons. The van der Waals surface area contributed by atoms with Crippen molar-refractivity contribution in [1.29, 1.82) is 0 Å². The second kappa shape index (κ2) is 9.09. The molecule has 1 amide bonds. The fourth-order valence-corrected chi connectivity index (χ4v) is 3.70. The van der Waals surface area contributed by atoms with Crippen LogP contribution in [0.2, 0.25) is 0 Å². The molecule has 1 aromatic carbocycles. The maximum atomic E-state index is 12.7. The van der Waals surface area contributed by atoms with Gasteiger partial charge in [0.05, 0.1) is 5.75 Å². The van der Waals surface area contributed by atoms with E-state index in [0.29, 0.717) is 28.5 Å². The van der Waals surface area contributed by atoms with Gasteiger partial charge in [0, 0.05) is 11.9 Å². The summed E-state index contributed by atoms with van der Waals surface area (Å²) in [6.45, 7) is 8.50. The standard InChI is InChI=1S/C21H26N6OS/c1-13(2)15-8-7-9-16(14(3)4)19(15)24-18(28)12-29-21-26-25-20(27(21)22)17-10-5-6-11-23-17/h5-11,13-14H,12,22H2,1-4H3,(H,24,28). The molecule has 7 nitrogen and oxygen atoms in total. The van der Waals surface area contributed by atoms with Crippen molar-refractivity contribution in [2.24, 2.45) is 0 Å². The van der Waals surface area contributed by atoms with Gasteiger partial charge in [0.1, 0.15) is 5.69 Å². The first-order valence-electron chi connectivity index (χ1n) is 9.55. The van der Waals surface area contributed by atoms with Crippen LogP contribution in [0.5, 0.6) is 0 Å². The minimum absolute atomic E-state index is 0.104. The lowest BCUT2D eigenvalue weighted by Gasteiger charge is -2.20. The van der Waals surface area contributed by atoms with Crippen molar-refractivity contribution < 1.29 is 4.79 Å². The van der Waals surface area contributed by atoms with Crippen molar-refractivity contribution in [2.75, 3.05) is 16.9 Å². The van der Waals surface area contributed by atoms with Gasteiger partial charge < -0.3 is 11.2 Å². The third-order valence-electron chi connectivity index (χ3n) is 4.53. The fourth-order valence-electron chi connectivity index (χ4n) is 3.05. The molecule has 3 N–H and O–H groups in total. The van der Waals surface area contributed by atoms with Crippen LogP contribution in [0.25, 0.3) is 11.5 Å². The molecule has 0 spiro atoms. The number of carbonyl (C=O) groups excluding carboxylic acids is 1. The van der Waals surface area contributed by atoms with Crippen molar-refractivity contribution in [3.63, 3.8) is 0 Å². The van der Waals surface area contributed by atoms with Gasteiger partial charge in [0.2, 0.25) is 16.9 Å². The van der Waals surface area contributed by atoms with Crippen LogP contribution in [0.3, 0.4) is 0 Å². The van der Waals surface area contributed by atoms with Crippen molar-refractivity contribution >= 4 is 23.4 Å². The molecule has 0 aliphatic rings. The SMILES string of the molecule is CC(C)c1cccc(C(C)C)c1NC(=O)CSc1nnc(-c2ccccn2)n1N. The van der Waals surface area contributed by atoms with E-state index in [9.17, 15) is 4.79 Å². The van der Waals surface area contributed by atoms with Crippen LogP contribution in [-0.4, -0.2) is 31.5 Å². The molecule has 3 aromatic rings. The third-order valence-corrected chi connectivity index (χ3v) is 5.47. The van der Waals surface area contributed by atoms with E-state index in [2.05, 4.69) is 60.3 Å². The predicted molar refractivity (Wildman–Crippen MR) is 117 cm³/mol. The van der Waals surface area contributed by atoms with Crippen LogP contribution in [0, 0.1) is 0 Å². The molecule has 3 rings (SSSR count). The van der Waals surface area contributed by atoms with E-state index in [1.807, 2.05) is 24.3 Å². The first kappa shape index (κ1) is 20.9. The van der Waals surface area contributed by atoms with Crippen molar-refractivity contribution in [3.8, 4) is 11.5 Å². The first-order valence-corrected chi connectivity index (χ1v) is 10.5. The number of hydrogen-bond acceptors (Lipinski definition) is 6. The number of nitrogens with two attached hydrogens (primary N) is 1. The maximum Gasteiger partial charge on any atom is 0.234 e. The van der Waals surface area contributed by atoms with Gasteiger partial charge in [0.25, 0.3) is 0 Å². The molecule has 0 atom stereocenters. The average molecular weight is 411 g/mol. The summed E-state index contributed by atoms with van der Waals surface area (Å²) in [5.41, 5.74) is 3.81. The number of pyridine rings is 1. The number of thioether (sulfide) groups is 1. The van der Waals surface area contributed by atoms with Crippen LogP contribution in [-0.2, 0) is 4.79 Å². The highest BCUT2D eigenvalue weighted by atomic mass is 32.2. The van der Waals surface area contributed by atoms with E-state index in [1.54, 1.807) is 6.20 Å². The number of rotatable bonds is 7. The Morgan fingerprint density at radius 1 is 1.07 bits per heavy atom. The quantitative estimate of drug-likeness (QED) is 0.451. The normalized spacial score (nSPS) is 11.2. The second-order valence-electron chi connectivity index (χ2n) is 7.35. The van der Waals surface area contributed by atoms with E-state index in [0.717, 1.165) is 16.8 Å². The molecular formula is C21H26N6OS. The monoisotopic (exact) mass is 410 g/mol. The van der Waals surface area contributed by atoms with Gasteiger partial charge >= 0.3 is 0 Å². The number of nitrogen functional groups attached to an aromatic ring is 1. The van der Waals surface area contributed by atoms with E-state index in [1.165, 1.54) is 16.4 Å². The number of aromatic nitrogens is 4. The van der Waals surface area contributed by atoms with Crippen molar-refractivity contribution in [2.45, 2.75) is 44.7 Å². The lowest BCUT2D eigenvalue weighted by atomic mass is 9.92. The number of para-hydroxylation sites is 1. The third kappa shape index (κ3) is 4.76. The van der Waals surface area contributed by atoms with Crippen LogP contribution in [0.15, 0.2) is 47.8 Å². The Morgan fingerprint density at radius 2 is 1.76 bits per heavy atom. The fraction of sp³-hybridized carbons (Fsp3) is 0.333. The summed E-state index contributed by atoms with van der Waals surface area (Å²) in [6, 6.07) is 11.7. The topological polar surface area (TPSA) is 98.7 Å². The first-order chi connectivity index (χ1) is 13.9. The van der Waals surface area contributed by atoms with Crippen LogP contribution >= 0.6 is 11.8 Å². The smallest absolute Gasteiger partial charge is 0.234 e. The van der Waals surface area contributed by atoms with E-state index < -0.39 is 0 Å². The van der Waals surface area contributed by atoms with Gasteiger partial charge in [-0.3, -0.25) is 9.78 Å². The average Bonchev–Trinajstić information content (AvgIpc) is 3.07. The molecular weight excluding hydrogens is 384 g/mol. The number of anilines is 1. The predicted octanol–water partition coefficient (Wildman–Crippen LogP) is 4.03. The Kier molecular flexibility index (Phi) is 6.53. The number of amides is 1. The summed E-state index contributed by atoms with van der Waals surface area (Å²) >= 11 is 1.24. The van der Waals surface area contributed by atoms with E-state index in [-0.39, 0.29) is 11.7 Å². The van der Waals surface area contributed by atoms with Gasteiger partial charge in [-0.25, -0.2) is 4.68 Å². The molecule has 0 radical (unpaired) electrons. The highest BCUT2D eigenvalue weighted by Crippen LogP contribution is 2.32. The molecule has 2 aromatic heterocycles. The number of benzene rings is 1. The summed E-state index contributed by atoms with van der Waals surface area (Å²) in [5, 5.41) is 11.7. The molecule has 8 heteroatoms. The zero-order valence-electron chi connectivity index (χ0n) is 17.1. The Balaban J connectivity index is 1.73. The lowest BCUT2D eigenvalue weighted by Crippen LogP contribution is -2.19. The lowest BCUT2D eigenvalue weighted by molar-refractivity contribution is -0.113. The molecule has 29 heavy (non-hydrogen) atoms. The molecule has 0 saturated carbocycles. The van der Waals surface area contributed by atoms with Crippen LogP contribution < -0.4 is 11.2 Å². The molecule has 0 fully saturated rings. The van der Waals surface area contributed by atoms with Gasteiger partial charge in [-0.1, -0.05) is 63.7 Å². The van der Waals surface area contributed by atoms with Gasteiger partial charge in [0.15, 0.2) is 0 Å². The Bertz CT molecular complexity index is 958. The van der Waals surface area contributed by atoms with Gasteiger partial charge in [-0.15, -0.1) is 10.2 Å². The van der Waals surface area contributed by atoms with Crippen LogP contribution in [0.1, 0.15) is 50.7 Å². The molecule has 0 saturated heterocycles. The minimum Gasteiger partial charge on any atom is -0.335 e. The summed E-state index contributed by atoms with van der Waals surface area (Å²) < 4.78 is 1.36. The van der Waals surface area contributed by atoms with Crippen molar-refractivity contribution in [3.05, 3.63) is 53.7 Å². The number of carbonyl (C=O) groups is 1.